The maximum Gasteiger partial charge on any atom is 0.306 e. The lowest BCUT2D eigenvalue weighted by Gasteiger charge is -2.18. The Balaban J connectivity index is 4.33. The number of hydrogen-bond donors (Lipinski definition) is 0. The molecule has 0 heterocycles. The average molecular weight is 1060 g/mol. The van der Waals surface area contributed by atoms with Crippen LogP contribution in [0, 0.1) is 0 Å². The summed E-state index contributed by atoms with van der Waals surface area (Å²) in [4.78, 5) is 38.3. The lowest BCUT2D eigenvalue weighted by atomic mass is 10.0. The van der Waals surface area contributed by atoms with Crippen LogP contribution in [-0.4, -0.2) is 37.2 Å². The predicted octanol–water partition coefficient (Wildman–Crippen LogP) is 22.3. The second kappa shape index (κ2) is 64.1. The Morgan fingerprint density at radius 3 is 0.816 bits per heavy atom. The normalized spacial score (nSPS) is 12.6. The summed E-state index contributed by atoms with van der Waals surface area (Å²) >= 11 is 0. The van der Waals surface area contributed by atoms with Gasteiger partial charge in [-0.2, -0.15) is 0 Å². The molecule has 0 radical (unpaired) electrons. The van der Waals surface area contributed by atoms with Crippen molar-refractivity contribution in [2.75, 3.05) is 13.2 Å². The van der Waals surface area contributed by atoms with Gasteiger partial charge in [-0.3, -0.25) is 14.4 Å². The summed E-state index contributed by atoms with van der Waals surface area (Å²) in [6.45, 7) is 6.55. The molecule has 0 aliphatic rings. The van der Waals surface area contributed by atoms with Crippen LogP contribution in [0.4, 0.5) is 0 Å². The van der Waals surface area contributed by atoms with Gasteiger partial charge in [0.15, 0.2) is 6.10 Å². The van der Waals surface area contributed by atoms with Crippen LogP contribution in [0.25, 0.3) is 0 Å². The molecule has 0 spiro atoms. The molecule has 6 nitrogen and oxygen atoms in total. The summed E-state index contributed by atoms with van der Waals surface area (Å²) in [5.74, 6) is -0.881. The van der Waals surface area contributed by atoms with Crippen molar-refractivity contribution < 1.29 is 28.6 Å². The number of allylic oxidation sites excluding steroid dienone is 14. The quantitative estimate of drug-likeness (QED) is 0.0261. The van der Waals surface area contributed by atoms with E-state index in [2.05, 4.69) is 106 Å². The van der Waals surface area contributed by atoms with Crippen molar-refractivity contribution in [2.45, 2.75) is 329 Å². The van der Waals surface area contributed by atoms with Crippen LogP contribution in [0.3, 0.4) is 0 Å². The molecule has 0 fully saturated rings. The fourth-order valence-corrected chi connectivity index (χ4v) is 9.27. The topological polar surface area (TPSA) is 78.9 Å². The van der Waals surface area contributed by atoms with Gasteiger partial charge < -0.3 is 14.2 Å². The molecule has 438 valence electrons. The van der Waals surface area contributed by atoms with Gasteiger partial charge in [0.05, 0.1) is 0 Å². The largest absolute Gasteiger partial charge is 0.462 e. The molecule has 0 amide bonds. The molecular formula is C70H122O6. The highest BCUT2D eigenvalue weighted by Gasteiger charge is 2.19. The van der Waals surface area contributed by atoms with E-state index in [1.54, 1.807) is 0 Å². The standard InChI is InChI=1S/C70H122O6/c1-4-7-10-13-16-19-22-25-28-30-31-32-33-34-35-36-37-38-39-40-43-45-48-51-54-57-60-63-69(72)75-66-67(65-74-68(71)62-59-56-53-50-47-44-41-27-24-21-18-15-12-9-6-3)76-70(73)64-61-58-55-52-49-46-42-29-26-23-20-17-14-11-8-5-2/h7,10,16,19,25,27-28,31-32,34-35,37-38,41,67H,4-6,8-9,11-15,17-18,20-24,26,29-30,33,36,39-40,42-66H2,1-3H3/b10-7-,19-16-,28-25-,32-31-,35-34-,38-37-,41-27-. The highest BCUT2D eigenvalue weighted by atomic mass is 16.6. The summed E-state index contributed by atoms with van der Waals surface area (Å²) in [6, 6.07) is 0. The first-order chi connectivity index (χ1) is 37.5. The summed E-state index contributed by atoms with van der Waals surface area (Å²) in [6.07, 6.45) is 84.4. The fourth-order valence-electron chi connectivity index (χ4n) is 9.27. The lowest BCUT2D eigenvalue weighted by Crippen LogP contribution is -2.30. The van der Waals surface area contributed by atoms with Gasteiger partial charge in [0, 0.05) is 19.3 Å². The smallest absolute Gasteiger partial charge is 0.306 e. The van der Waals surface area contributed by atoms with E-state index in [0.717, 1.165) is 109 Å². The van der Waals surface area contributed by atoms with Crippen molar-refractivity contribution in [3.63, 3.8) is 0 Å². The Morgan fingerprint density at radius 1 is 0.276 bits per heavy atom. The number of ether oxygens (including phenoxy) is 3. The van der Waals surface area contributed by atoms with E-state index < -0.39 is 6.10 Å². The van der Waals surface area contributed by atoms with E-state index in [-0.39, 0.29) is 31.1 Å². The molecule has 6 heteroatoms. The molecule has 0 aromatic rings. The Hall–Kier alpha value is -3.41. The molecule has 0 saturated heterocycles. The van der Waals surface area contributed by atoms with Crippen LogP contribution >= 0.6 is 0 Å². The summed E-state index contributed by atoms with van der Waals surface area (Å²) in [5, 5.41) is 0. The number of rotatable bonds is 59. The molecule has 0 saturated carbocycles. The zero-order chi connectivity index (χ0) is 55.0. The van der Waals surface area contributed by atoms with Gasteiger partial charge in [0.25, 0.3) is 0 Å². The van der Waals surface area contributed by atoms with E-state index in [4.69, 9.17) is 14.2 Å². The molecule has 1 atom stereocenters. The molecule has 0 bridgehead atoms. The zero-order valence-corrected chi connectivity index (χ0v) is 50.3. The molecule has 1 unspecified atom stereocenters. The molecule has 76 heavy (non-hydrogen) atoms. The summed E-state index contributed by atoms with van der Waals surface area (Å²) in [7, 11) is 0. The van der Waals surface area contributed by atoms with Crippen LogP contribution in [0.2, 0.25) is 0 Å². The van der Waals surface area contributed by atoms with Gasteiger partial charge in [-0.05, 0) is 96.3 Å². The van der Waals surface area contributed by atoms with Crippen molar-refractivity contribution in [3.8, 4) is 0 Å². The minimum Gasteiger partial charge on any atom is -0.462 e. The maximum absolute atomic E-state index is 12.9. The zero-order valence-electron chi connectivity index (χ0n) is 50.3. The molecule has 0 aromatic carbocycles. The third kappa shape index (κ3) is 61.4. The number of carbonyl (C=O) groups is 3. The van der Waals surface area contributed by atoms with Gasteiger partial charge in [-0.25, -0.2) is 0 Å². The predicted molar refractivity (Wildman–Crippen MR) is 330 cm³/mol. The Kier molecular flexibility index (Phi) is 61.2. The van der Waals surface area contributed by atoms with Crippen LogP contribution in [0.15, 0.2) is 85.1 Å². The Morgan fingerprint density at radius 2 is 0.513 bits per heavy atom. The third-order valence-electron chi connectivity index (χ3n) is 14.1. The van der Waals surface area contributed by atoms with Crippen molar-refractivity contribution >= 4 is 17.9 Å². The van der Waals surface area contributed by atoms with E-state index in [1.165, 1.54) is 173 Å². The first kappa shape index (κ1) is 72.6. The monoisotopic (exact) mass is 1060 g/mol. The van der Waals surface area contributed by atoms with Crippen LogP contribution < -0.4 is 0 Å². The van der Waals surface area contributed by atoms with Gasteiger partial charge in [0.2, 0.25) is 0 Å². The molecule has 0 aromatic heterocycles. The number of carbonyl (C=O) groups excluding carboxylic acids is 3. The number of esters is 3. The van der Waals surface area contributed by atoms with E-state index in [9.17, 15) is 14.4 Å². The summed E-state index contributed by atoms with van der Waals surface area (Å²) < 4.78 is 16.9. The summed E-state index contributed by atoms with van der Waals surface area (Å²) in [5.41, 5.74) is 0. The second-order valence-corrected chi connectivity index (χ2v) is 21.6. The van der Waals surface area contributed by atoms with Gasteiger partial charge in [-0.15, -0.1) is 0 Å². The molecule has 0 N–H and O–H groups in total. The molecule has 0 aliphatic carbocycles. The highest BCUT2D eigenvalue weighted by molar-refractivity contribution is 5.71. The fraction of sp³-hybridized carbons (Fsp3) is 0.757. The van der Waals surface area contributed by atoms with Crippen LogP contribution in [0.5, 0.6) is 0 Å². The van der Waals surface area contributed by atoms with Crippen LogP contribution in [0.1, 0.15) is 323 Å². The Labute approximate surface area is 471 Å². The first-order valence-electron chi connectivity index (χ1n) is 32.6. The number of unbranched alkanes of at least 4 members (excludes halogenated alkanes) is 34. The SMILES string of the molecule is CC/C=C\C/C=C\C/C=C\C/C=C\C/C=C\C/C=C\CCCCCCCCCCC(=O)OCC(COC(=O)CCCCCCC/C=C\CCCCCCCC)OC(=O)CCCCCCCCCCCCCCCCCC. The van der Waals surface area contributed by atoms with Crippen molar-refractivity contribution in [1.82, 2.24) is 0 Å². The van der Waals surface area contributed by atoms with E-state index in [1.807, 2.05) is 0 Å². The second-order valence-electron chi connectivity index (χ2n) is 21.6. The van der Waals surface area contributed by atoms with Crippen molar-refractivity contribution in [2.24, 2.45) is 0 Å². The highest BCUT2D eigenvalue weighted by Crippen LogP contribution is 2.17. The maximum atomic E-state index is 12.9. The van der Waals surface area contributed by atoms with E-state index >= 15 is 0 Å². The minimum absolute atomic E-state index is 0.0801. The van der Waals surface area contributed by atoms with Crippen molar-refractivity contribution in [3.05, 3.63) is 85.1 Å². The van der Waals surface area contributed by atoms with E-state index in [0.29, 0.717) is 19.3 Å². The minimum atomic E-state index is -0.782. The number of hydrogen-bond acceptors (Lipinski definition) is 6. The van der Waals surface area contributed by atoms with Crippen LogP contribution in [-0.2, 0) is 28.6 Å². The van der Waals surface area contributed by atoms with Gasteiger partial charge in [0.1, 0.15) is 13.2 Å². The molecule has 0 rings (SSSR count). The lowest BCUT2D eigenvalue weighted by molar-refractivity contribution is -0.167. The Bertz CT molecular complexity index is 1450. The van der Waals surface area contributed by atoms with Gasteiger partial charge in [-0.1, -0.05) is 292 Å². The molecule has 0 aliphatic heterocycles. The van der Waals surface area contributed by atoms with Crippen molar-refractivity contribution in [1.29, 1.82) is 0 Å². The first-order valence-corrected chi connectivity index (χ1v) is 32.6. The molecular weight excluding hydrogens is 937 g/mol. The third-order valence-corrected chi connectivity index (χ3v) is 14.1. The average Bonchev–Trinajstić information content (AvgIpc) is 3.42. The van der Waals surface area contributed by atoms with Gasteiger partial charge >= 0.3 is 17.9 Å².